The highest BCUT2D eigenvalue weighted by Gasteiger charge is 2.70. The van der Waals surface area contributed by atoms with E-state index in [1.54, 1.807) is 7.11 Å². The lowest BCUT2D eigenvalue weighted by Crippen LogP contribution is -2.78. The molecule has 3 N–H and O–H groups in total. The third-order valence-corrected chi connectivity index (χ3v) is 11.6. The predicted molar refractivity (Wildman–Crippen MR) is 155 cm³/mol. The Hall–Kier alpha value is -0.950. The van der Waals surface area contributed by atoms with Gasteiger partial charge in [0.15, 0.2) is 5.79 Å². The zero-order valence-electron chi connectivity index (χ0n) is 25.8. The summed E-state index contributed by atoms with van der Waals surface area (Å²) in [5.74, 6) is 0.152. The van der Waals surface area contributed by atoms with E-state index in [-0.39, 0.29) is 85.2 Å². The van der Waals surface area contributed by atoms with Crippen LogP contribution in [0.4, 0.5) is 0 Å². The molecular weight excluding hydrogens is 554 g/mol. The maximum Gasteiger partial charge on any atom is 0.169 e. The maximum absolute atomic E-state index is 13.3. The van der Waals surface area contributed by atoms with Gasteiger partial charge in [0, 0.05) is 63.5 Å². The summed E-state index contributed by atoms with van der Waals surface area (Å²) in [6.07, 6.45) is 7.50. The van der Waals surface area contributed by atoms with Gasteiger partial charge in [0.25, 0.3) is 0 Å². The molecule has 10 heteroatoms. The fourth-order valence-corrected chi connectivity index (χ4v) is 9.37. The number of hydrogen-bond donors (Lipinski definition) is 2. The number of ketones is 1. The summed E-state index contributed by atoms with van der Waals surface area (Å²) in [5, 5.41) is 9.99. The second-order valence-corrected chi connectivity index (χ2v) is 14.3. The Morgan fingerprint density at radius 1 is 1.09 bits per heavy atom. The number of rotatable bonds is 12. The summed E-state index contributed by atoms with van der Waals surface area (Å²) in [4.78, 5) is 13.3. The average Bonchev–Trinajstić information content (AvgIpc) is 3.56. The van der Waals surface area contributed by atoms with Crippen molar-refractivity contribution in [2.45, 2.75) is 150 Å². The molecule has 0 spiro atoms. The molecule has 7 fully saturated rings. The minimum Gasteiger partial charge on any atom is -0.392 e. The van der Waals surface area contributed by atoms with Gasteiger partial charge in [-0.2, -0.15) is 0 Å². The Kier molecular flexibility index (Phi) is 8.81. The van der Waals surface area contributed by atoms with Crippen molar-refractivity contribution in [2.75, 3.05) is 20.3 Å². The average molecular weight is 606 g/mol. The monoisotopic (exact) mass is 605 g/mol. The second kappa shape index (κ2) is 12.3. The van der Waals surface area contributed by atoms with Gasteiger partial charge in [-0.3, -0.25) is 4.79 Å². The van der Waals surface area contributed by atoms with E-state index in [1.165, 1.54) is 5.57 Å². The molecule has 242 valence electrons. The summed E-state index contributed by atoms with van der Waals surface area (Å²) in [7, 11) is 1.64. The molecule has 15 atom stereocenters. The van der Waals surface area contributed by atoms with Crippen molar-refractivity contribution in [1.82, 2.24) is 0 Å². The van der Waals surface area contributed by atoms with Crippen molar-refractivity contribution in [2.24, 2.45) is 23.5 Å². The largest absolute Gasteiger partial charge is 0.392 e. The second-order valence-electron chi connectivity index (χ2n) is 14.3. The minimum absolute atomic E-state index is 0.00223. The van der Waals surface area contributed by atoms with Gasteiger partial charge in [-0.25, -0.2) is 0 Å². The third-order valence-electron chi connectivity index (χ3n) is 11.6. The van der Waals surface area contributed by atoms with Crippen LogP contribution in [-0.4, -0.2) is 104 Å². The van der Waals surface area contributed by atoms with Crippen LogP contribution in [-0.2, 0) is 38.0 Å². The van der Waals surface area contributed by atoms with Crippen molar-refractivity contribution in [3.05, 3.63) is 12.2 Å². The first kappa shape index (κ1) is 30.7. The van der Waals surface area contributed by atoms with E-state index in [0.29, 0.717) is 31.8 Å². The van der Waals surface area contributed by atoms with Gasteiger partial charge in [-0.05, 0) is 44.1 Å². The van der Waals surface area contributed by atoms with Gasteiger partial charge in [0.05, 0.1) is 67.6 Å². The lowest BCUT2D eigenvalue weighted by atomic mass is 9.58. The molecule has 2 bridgehead atoms. The fourth-order valence-electron chi connectivity index (χ4n) is 9.37. The lowest BCUT2D eigenvalue weighted by molar-refractivity contribution is -0.459. The number of hydrogen-bond acceptors (Lipinski definition) is 10. The van der Waals surface area contributed by atoms with E-state index in [1.807, 2.05) is 0 Å². The van der Waals surface area contributed by atoms with Crippen molar-refractivity contribution >= 4 is 5.78 Å². The SMILES string of the molecule is C=C1C[C@H](CC[C@@]23CCC4C5OC6CC[C@H](CC(=O)CC7CO[C@H](C[C@H](O)CN)[C@@H]7OC)O[C@@H]6[C@H](O2)C5C4O3)O[C@H]1CC. The Morgan fingerprint density at radius 3 is 2.70 bits per heavy atom. The topological polar surface area (TPSA) is 128 Å². The summed E-state index contributed by atoms with van der Waals surface area (Å²) in [5.41, 5.74) is 6.79. The minimum atomic E-state index is -0.639. The number of nitrogens with two attached hydrogens (primary N) is 1. The number of carbonyl (C=O) groups excluding carboxylic acids is 1. The van der Waals surface area contributed by atoms with E-state index >= 15 is 0 Å². The van der Waals surface area contributed by atoms with Gasteiger partial charge in [0.2, 0.25) is 0 Å². The van der Waals surface area contributed by atoms with E-state index < -0.39 is 11.9 Å². The van der Waals surface area contributed by atoms with E-state index in [9.17, 15) is 9.90 Å². The van der Waals surface area contributed by atoms with Crippen molar-refractivity contribution in [3.63, 3.8) is 0 Å². The summed E-state index contributed by atoms with van der Waals surface area (Å²) >= 11 is 0. The molecule has 6 aliphatic heterocycles. The van der Waals surface area contributed by atoms with Crippen LogP contribution in [0.25, 0.3) is 0 Å². The predicted octanol–water partition coefficient (Wildman–Crippen LogP) is 2.81. The number of ether oxygens (including phenoxy) is 7. The molecule has 0 radical (unpaired) electrons. The quantitative estimate of drug-likeness (QED) is 0.321. The Labute approximate surface area is 255 Å². The van der Waals surface area contributed by atoms with Crippen LogP contribution in [0.3, 0.4) is 0 Å². The van der Waals surface area contributed by atoms with Gasteiger partial charge in [0.1, 0.15) is 11.9 Å². The summed E-state index contributed by atoms with van der Waals surface area (Å²) in [6, 6.07) is 0. The smallest absolute Gasteiger partial charge is 0.169 e. The van der Waals surface area contributed by atoms with Crippen molar-refractivity contribution < 1.29 is 43.1 Å². The first-order chi connectivity index (χ1) is 20.8. The molecule has 6 saturated heterocycles. The molecule has 43 heavy (non-hydrogen) atoms. The van der Waals surface area contributed by atoms with Crippen LogP contribution in [0.15, 0.2) is 12.2 Å². The van der Waals surface area contributed by atoms with Crippen LogP contribution in [0.5, 0.6) is 0 Å². The van der Waals surface area contributed by atoms with Crippen LogP contribution in [0, 0.1) is 17.8 Å². The van der Waals surface area contributed by atoms with Crippen molar-refractivity contribution in [1.29, 1.82) is 0 Å². The van der Waals surface area contributed by atoms with Gasteiger partial charge < -0.3 is 44.0 Å². The lowest BCUT2D eigenvalue weighted by Gasteiger charge is -2.68. The Bertz CT molecular complexity index is 1040. The third kappa shape index (κ3) is 5.67. The van der Waals surface area contributed by atoms with Crippen LogP contribution in [0.1, 0.15) is 77.6 Å². The molecule has 0 aromatic carbocycles. The highest BCUT2D eigenvalue weighted by Crippen LogP contribution is 2.60. The molecular formula is C33H51NO9. The highest BCUT2D eigenvalue weighted by atomic mass is 16.7. The van der Waals surface area contributed by atoms with Gasteiger partial charge in [-0.1, -0.05) is 13.5 Å². The van der Waals surface area contributed by atoms with Gasteiger partial charge in [-0.15, -0.1) is 0 Å². The number of aliphatic hydroxyl groups is 1. The molecule has 10 nitrogen and oxygen atoms in total. The highest BCUT2D eigenvalue weighted by molar-refractivity contribution is 5.79. The Balaban J connectivity index is 0.966. The Morgan fingerprint density at radius 2 is 1.93 bits per heavy atom. The van der Waals surface area contributed by atoms with Crippen LogP contribution < -0.4 is 5.73 Å². The number of carbonyl (C=O) groups is 1. The normalized spacial score (nSPS) is 48.9. The molecule has 6 unspecified atom stereocenters. The number of methoxy groups -OCH3 is 1. The molecule has 0 aromatic rings. The van der Waals surface area contributed by atoms with Gasteiger partial charge >= 0.3 is 0 Å². The standard InChI is InChI=1S/C33H51NO9/c1-4-24-17(2)11-22(39-24)7-9-33-10-8-23-29-27(30(23)42-33)32(43-33)31-25(41-29)6-5-21(40-31)13-19(35)12-18-16-38-26(28(18)37-3)14-20(36)15-34/h18,20-32,36H,2,4-16,34H2,1,3H3/t18?,20-,21+,22-,23?,24-,25?,26+,27?,28+,29?,30?,31-,32+,33-/m0/s1. The fraction of sp³-hybridized carbons (Fsp3) is 0.909. The van der Waals surface area contributed by atoms with E-state index in [2.05, 4.69) is 13.5 Å². The summed E-state index contributed by atoms with van der Waals surface area (Å²) < 4.78 is 44.9. The number of aliphatic hydroxyl groups excluding tert-OH is 1. The van der Waals surface area contributed by atoms with Crippen LogP contribution in [0.2, 0.25) is 0 Å². The first-order valence-electron chi connectivity index (χ1n) is 16.8. The van der Waals surface area contributed by atoms with E-state index in [0.717, 1.165) is 51.4 Å². The molecule has 7 rings (SSSR count). The molecule has 7 aliphatic rings. The molecule has 1 aliphatic carbocycles. The van der Waals surface area contributed by atoms with Crippen molar-refractivity contribution in [3.8, 4) is 0 Å². The first-order valence-corrected chi connectivity index (χ1v) is 16.8. The zero-order chi connectivity index (χ0) is 29.9. The van der Waals surface area contributed by atoms with E-state index in [4.69, 9.17) is 38.9 Å². The molecule has 6 heterocycles. The summed E-state index contributed by atoms with van der Waals surface area (Å²) in [6.45, 7) is 7.00. The molecule has 0 aromatic heterocycles. The molecule has 0 amide bonds. The maximum atomic E-state index is 13.3. The van der Waals surface area contributed by atoms with Crippen LogP contribution >= 0.6 is 0 Å². The molecule has 1 saturated carbocycles. The number of fused-ring (bicyclic) bond motifs is 4. The number of Topliss-reactive ketones (excluding diaryl/α,β-unsaturated/α-hetero) is 1. The zero-order valence-corrected chi connectivity index (χ0v) is 25.8.